The van der Waals surface area contributed by atoms with E-state index < -0.39 is 6.04 Å². The lowest BCUT2D eigenvalue weighted by atomic mass is 10.1. The quantitative estimate of drug-likeness (QED) is 0.559. The third-order valence-electron chi connectivity index (χ3n) is 7.61. The highest BCUT2D eigenvalue weighted by molar-refractivity contribution is 5.90. The predicted octanol–water partition coefficient (Wildman–Crippen LogP) is -0.631. The third-order valence-corrected chi connectivity index (χ3v) is 7.61. The molecule has 2 atom stereocenters. The Kier molecular flexibility index (Phi) is 6.66. The SMILES string of the molecule is O=C(C1CC(N(CCN2CCOCC2)C(=O)C2CC2)CN1C(=O)C1CC1)N1CCNCC1. The monoisotopic (exact) mass is 447 g/mol. The molecule has 32 heavy (non-hydrogen) atoms. The molecular formula is C23H37N5O4. The summed E-state index contributed by atoms with van der Waals surface area (Å²) < 4.78 is 5.46. The van der Waals surface area contributed by atoms with Crippen molar-refractivity contribution in [2.24, 2.45) is 11.8 Å². The molecule has 5 rings (SSSR count). The molecule has 0 bridgehead atoms. The Labute approximate surface area is 190 Å². The highest BCUT2D eigenvalue weighted by Crippen LogP contribution is 2.37. The van der Waals surface area contributed by atoms with E-state index in [4.69, 9.17) is 4.74 Å². The van der Waals surface area contributed by atoms with E-state index in [1.165, 1.54) is 0 Å². The van der Waals surface area contributed by atoms with Gasteiger partial charge < -0.3 is 24.8 Å². The number of rotatable bonds is 7. The largest absolute Gasteiger partial charge is 0.379 e. The molecule has 2 aliphatic carbocycles. The van der Waals surface area contributed by atoms with E-state index in [2.05, 4.69) is 10.2 Å². The van der Waals surface area contributed by atoms with Gasteiger partial charge in [-0.25, -0.2) is 0 Å². The maximum atomic E-state index is 13.4. The van der Waals surface area contributed by atoms with Gasteiger partial charge >= 0.3 is 0 Å². The van der Waals surface area contributed by atoms with E-state index in [1.54, 1.807) is 0 Å². The number of nitrogens with zero attached hydrogens (tertiary/aromatic N) is 4. The number of carbonyl (C=O) groups excluding carboxylic acids is 3. The molecule has 0 radical (unpaired) electrons. The minimum atomic E-state index is -0.427. The van der Waals surface area contributed by atoms with Crippen molar-refractivity contribution in [1.29, 1.82) is 0 Å². The molecule has 0 aromatic rings. The van der Waals surface area contributed by atoms with E-state index in [1.807, 2.05) is 14.7 Å². The summed E-state index contributed by atoms with van der Waals surface area (Å²) in [6, 6.07) is -0.493. The van der Waals surface area contributed by atoms with Crippen molar-refractivity contribution >= 4 is 17.7 Å². The Hall–Kier alpha value is -1.71. The first-order valence-electron chi connectivity index (χ1n) is 12.5. The number of amides is 3. The number of likely N-dealkylation sites (tertiary alicyclic amines) is 1. The fourth-order valence-corrected chi connectivity index (χ4v) is 5.29. The first-order chi connectivity index (χ1) is 15.6. The molecule has 2 saturated carbocycles. The highest BCUT2D eigenvalue weighted by atomic mass is 16.5. The van der Waals surface area contributed by atoms with Crippen LogP contribution >= 0.6 is 0 Å². The summed E-state index contributed by atoms with van der Waals surface area (Å²) in [5.41, 5.74) is 0. The Balaban J connectivity index is 1.30. The first-order valence-corrected chi connectivity index (χ1v) is 12.5. The number of piperazine rings is 1. The molecule has 3 saturated heterocycles. The van der Waals surface area contributed by atoms with Crippen LogP contribution in [0.25, 0.3) is 0 Å². The number of nitrogens with one attached hydrogen (secondary N) is 1. The maximum absolute atomic E-state index is 13.4. The Morgan fingerprint density at radius 3 is 2.25 bits per heavy atom. The Morgan fingerprint density at radius 2 is 1.59 bits per heavy atom. The van der Waals surface area contributed by atoms with Gasteiger partial charge in [-0.05, 0) is 32.1 Å². The molecule has 5 fully saturated rings. The summed E-state index contributed by atoms with van der Waals surface area (Å²) in [4.78, 5) is 47.9. The molecule has 2 unspecified atom stereocenters. The summed E-state index contributed by atoms with van der Waals surface area (Å²) in [6.45, 7) is 8.23. The van der Waals surface area contributed by atoms with Crippen LogP contribution in [0.1, 0.15) is 32.1 Å². The summed E-state index contributed by atoms with van der Waals surface area (Å²) >= 11 is 0. The molecule has 0 aromatic heterocycles. The molecule has 178 valence electrons. The van der Waals surface area contributed by atoms with Gasteiger partial charge in [-0.2, -0.15) is 0 Å². The van der Waals surface area contributed by atoms with Crippen LogP contribution in [0.15, 0.2) is 0 Å². The van der Waals surface area contributed by atoms with Gasteiger partial charge in [0, 0.05) is 70.7 Å². The average Bonchev–Trinajstić information content (AvgIpc) is 3.76. The Morgan fingerprint density at radius 1 is 0.906 bits per heavy atom. The van der Waals surface area contributed by atoms with Gasteiger partial charge in [0.2, 0.25) is 17.7 Å². The second-order valence-corrected chi connectivity index (χ2v) is 10.0. The normalized spacial score (nSPS) is 29.2. The summed E-state index contributed by atoms with van der Waals surface area (Å²) in [5, 5.41) is 3.29. The van der Waals surface area contributed by atoms with E-state index >= 15 is 0 Å². The van der Waals surface area contributed by atoms with Crippen LogP contribution in [0, 0.1) is 11.8 Å². The van der Waals surface area contributed by atoms with Crippen LogP contribution in [0.5, 0.6) is 0 Å². The van der Waals surface area contributed by atoms with E-state index in [-0.39, 0.29) is 35.6 Å². The van der Waals surface area contributed by atoms with Gasteiger partial charge in [0.05, 0.1) is 19.3 Å². The molecule has 3 aliphatic heterocycles. The highest BCUT2D eigenvalue weighted by Gasteiger charge is 2.48. The van der Waals surface area contributed by atoms with Crippen LogP contribution < -0.4 is 5.32 Å². The average molecular weight is 448 g/mol. The summed E-state index contributed by atoms with van der Waals surface area (Å²) in [6.07, 6.45) is 4.36. The molecule has 1 N–H and O–H groups in total. The smallest absolute Gasteiger partial charge is 0.245 e. The number of ether oxygens (including phenoxy) is 1. The molecule has 0 aromatic carbocycles. The van der Waals surface area contributed by atoms with Crippen molar-refractivity contribution in [3.05, 3.63) is 0 Å². The zero-order chi connectivity index (χ0) is 22.1. The minimum Gasteiger partial charge on any atom is -0.379 e. The molecule has 9 nitrogen and oxygen atoms in total. The van der Waals surface area contributed by atoms with Crippen LogP contribution in [0.3, 0.4) is 0 Å². The lowest BCUT2D eigenvalue weighted by Gasteiger charge is -2.33. The number of morpholine rings is 1. The van der Waals surface area contributed by atoms with Gasteiger partial charge in [-0.3, -0.25) is 19.3 Å². The predicted molar refractivity (Wildman–Crippen MR) is 118 cm³/mol. The van der Waals surface area contributed by atoms with E-state index in [0.29, 0.717) is 32.6 Å². The van der Waals surface area contributed by atoms with Gasteiger partial charge in [0.15, 0.2) is 0 Å². The van der Waals surface area contributed by atoms with Crippen molar-refractivity contribution in [3.8, 4) is 0 Å². The van der Waals surface area contributed by atoms with Gasteiger partial charge in [-0.15, -0.1) is 0 Å². The van der Waals surface area contributed by atoms with Crippen molar-refractivity contribution in [1.82, 2.24) is 24.9 Å². The molecule has 9 heteroatoms. The number of carbonyl (C=O) groups is 3. The van der Waals surface area contributed by atoms with Crippen molar-refractivity contribution in [2.75, 3.05) is 72.1 Å². The minimum absolute atomic E-state index is 0.0648. The van der Waals surface area contributed by atoms with Crippen LogP contribution in [0.2, 0.25) is 0 Å². The molecule has 5 aliphatic rings. The third kappa shape index (κ3) is 4.94. The standard InChI is InChI=1S/C23H37N5O4/c29-21(17-1-2-17)27(10-9-25-11-13-32-14-12-25)19-15-20(23(31)26-7-5-24-6-8-26)28(16-19)22(30)18-3-4-18/h17-20,24H,1-16H2. The fourth-order valence-electron chi connectivity index (χ4n) is 5.29. The zero-order valence-corrected chi connectivity index (χ0v) is 19.0. The molecule has 3 amide bonds. The maximum Gasteiger partial charge on any atom is 0.245 e. The van der Waals surface area contributed by atoms with E-state index in [9.17, 15) is 14.4 Å². The topological polar surface area (TPSA) is 85.4 Å². The molecule has 3 heterocycles. The zero-order valence-electron chi connectivity index (χ0n) is 19.0. The molecular weight excluding hydrogens is 410 g/mol. The second-order valence-electron chi connectivity index (χ2n) is 10.0. The van der Waals surface area contributed by atoms with Gasteiger partial charge in [-0.1, -0.05) is 0 Å². The summed E-state index contributed by atoms with van der Waals surface area (Å²) in [7, 11) is 0. The van der Waals surface area contributed by atoms with Crippen molar-refractivity contribution < 1.29 is 19.1 Å². The lowest BCUT2D eigenvalue weighted by Crippen LogP contribution is -2.53. The Bertz CT molecular complexity index is 713. The number of hydrogen-bond donors (Lipinski definition) is 1. The van der Waals surface area contributed by atoms with E-state index in [0.717, 1.165) is 71.6 Å². The number of hydrogen-bond acceptors (Lipinski definition) is 6. The fraction of sp³-hybridized carbons (Fsp3) is 0.870. The second kappa shape index (κ2) is 9.65. The van der Waals surface area contributed by atoms with Crippen LogP contribution in [-0.2, 0) is 19.1 Å². The van der Waals surface area contributed by atoms with Gasteiger partial charge in [0.1, 0.15) is 6.04 Å². The van der Waals surface area contributed by atoms with Crippen molar-refractivity contribution in [3.63, 3.8) is 0 Å². The van der Waals surface area contributed by atoms with Crippen molar-refractivity contribution in [2.45, 2.75) is 44.2 Å². The summed E-state index contributed by atoms with van der Waals surface area (Å²) in [5.74, 6) is 0.614. The van der Waals surface area contributed by atoms with Crippen LogP contribution in [0.4, 0.5) is 0 Å². The first kappa shape index (κ1) is 22.1. The lowest BCUT2D eigenvalue weighted by molar-refractivity contribution is -0.144. The van der Waals surface area contributed by atoms with Gasteiger partial charge in [0.25, 0.3) is 0 Å². The van der Waals surface area contributed by atoms with Crippen LogP contribution in [-0.4, -0.2) is 122 Å². The molecule has 0 spiro atoms.